The van der Waals surface area contributed by atoms with Crippen molar-refractivity contribution in [2.24, 2.45) is 0 Å². The average Bonchev–Trinajstić information content (AvgIpc) is 2.97. The lowest BCUT2D eigenvalue weighted by atomic mass is 10.1. The number of hydrogen-bond acceptors (Lipinski definition) is 6. The SMILES string of the molecule is CCNc1nc(NCCC2CCCCO2)c2cn[nH]c2n1. The molecule has 1 unspecified atom stereocenters. The van der Waals surface area contributed by atoms with Crippen molar-refractivity contribution in [2.75, 3.05) is 30.3 Å². The molecule has 0 spiro atoms. The molecule has 114 valence electrons. The molecule has 1 atom stereocenters. The van der Waals surface area contributed by atoms with E-state index in [0.717, 1.165) is 49.4 Å². The minimum Gasteiger partial charge on any atom is -0.378 e. The number of ether oxygens (including phenoxy) is 1. The normalized spacial score (nSPS) is 18.8. The second-order valence-electron chi connectivity index (χ2n) is 5.26. The molecule has 1 aliphatic rings. The van der Waals surface area contributed by atoms with Gasteiger partial charge in [0.1, 0.15) is 5.82 Å². The summed E-state index contributed by atoms with van der Waals surface area (Å²) in [5.41, 5.74) is 0.748. The fraction of sp³-hybridized carbons (Fsp3) is 0.643. The summed E-state index contributed by atoms with van der Waals surface area (Å²) in [5, 5.41) is 14.4. The number of fused-ring (bicyclic) bond motifs is 1. The molecule has 0 saturated carbocycles. The predicted octanol–water partition coefficient (Wildman–Crippen LogP) is 2.16. The van der Waals surface area contributed by atoms with E-state index in [0.29, 0.717) is 12.1 Å². The zero-order valence-electron chi connectivity index (χ0n) is 12.4. The third kappa shape index (κ3) is 3.41. The fourth-order valence-corrected chi connectivity index (χ4v) is 2.59. The Kier molecular flexibility index (Phi) is 4.49. The van der Waals surface area contributed by atoms with Gasteiger partial charge in [-0.3, -0.25) is 5.10 Å². The van der Waals surface area contributed by atoms with E-state index in [2.05, 4.69) is 30.8 Å². The Morgan fingerprint density at radius 1 is 1.33 bits per heavy atom. The molecule has 7 nitrogen and oxygen atoms in total. The van der Waals surface area contributed by atoms with Gasteiger partial charge in [0.15, 0.2) is 5.65 Å². The number of nitrogens with zero attached hydrogens (tertiary/aromatic N) is 3. The maximum Gasteiger partial charge on any atom is 0.226 e. The first-order valence-electron chi connectivity index (χ1n) is 7.67. The van der Waals surface area contributed by atoms with Gasteiger partial charge in [-0.2, -0.15) is 15.1 Å². The van der Waals surface area contributed by atoms with E-state index >= 15 is 0 Å². The lowest BCUT2D eigenvalue weighted by Gasteiger charge is -2.22. The van der Waals surface area contributed by atoms with Gasteiger partial charge >= 0.3 is 0 Å². The third-order valence-corrected chi connectivity index (χ3v) is 3.68. The molecule has 1 aliphatic heterocycles. The number of hydrogen-bond donors (Lipinski definition) is 3. The summed E-state index contributed by atoms with van der Waals surface area (Å²) < 4.78 is 5.75. The number of anilines is 2. The summed E-state index contributed by atoms with van der Waals surface area (Å²) in [6.45, 7) is 4.55. The standard InChI is InChI=1S/C14H22N6O/c1-2-15-14-18-12(11-9-17-20-13(11)19-14)16-7-6-10-5-3-4-8-21-10/h9-10H,2-8H2,1H3,(H3,15,16,17,18,19,20). The second-order valence-corrected chi connectivity index (χ2v) is 5.26. The molecule has 3 N–H and O–H groups in total. The monoisotopic (exact) mass is 290 g/mol. The van der Waals surface area contributed by atoms with Crippen LogP contribution in [0.4, 0.5) is 11.8 Å². The summed E-state index contributed by atoms with van der Waals surface area (Å²) in [7, 11) is 0. The van der Waals surface area contributed by atoms with Gasteiger partial charge in [-0.25, -0.2) is 0 Å². The summed E-state index contributed by atoms with van der Waals surface area (Å²) in [6.07, 6.45) is 6.76. The molecule has 0 aromatic carbocycles. The smallest absolute Gasteiger partial charge is 0.226 e. The molecule has 3 heterocycles. The number of H-pyrrole nitrogens is 1. The van der Waals surface area contributed by atoms with Crippen molar-refractivity contribution in [1.29, 1.82) is 0 Å². The Hall–Kier alpha value is -1.89. The van der Waals surface area contributed by atoms with Crippen LogP contribution < -0.4 is 10.6 Å². The summed E-state index contributed by atoms with van der Waals surface area (Å²) in [5.74, 6) is 1.44. The van der Waals surface area contributed by atoms with E-state index in [9.17, 15) is 0 Å². The van der Waals surface area contributed by atoms with E-state index < -0.39 is 0 Å². The highest BCUT2D eigenvalue weighted by atomic mass is 16.5. The van der Waals surface area contributed by atoms with Crippen molar-refractivity contribution < 1.29 is 4.74 Å². The van der Waals surface area contributed by atoms with Crippen LogP contribution in [0.3, 0.4) is 0 Å². The van der Waals surface area contributed by atoms with Gasteiger partial charge in [0.05, 0.1) is 17.7 Å². The number of aromatic nitrogens is 4. The number of aromatic amines is 1. The minimum atomic E-state index is 0.376. The summed E-state index contributed by atoms with van der Waals surface area (Å²) in [4.78, 5) is 8.89. The van der Waals surface area contributed by atoms with Gasteiger partial charge in [-0.1, -0.05) is 0 Å². The Morgan fingerprint density at radius 3 is 3.10 bits per heavy atom. The van der Waals surface area contributed by atoms with Crippen LogP contribution in [0.25, 0.3) is 11.0 Å². The molecule has 0 amide bonds. The van der Waals surface area contributed by atoms with Crippen LogP contribution in [-0.2, 0) is 4.74 Å². The van der Waals surface area contributed by atoms with E-state index in [1.54, 1.807) is 6.20 Å². The van der Waals surface area contributed by atoms with Crippen LogP contribution >= 0.6 is 0 Å². The van der Waals surface area contributed by atoms with Crippen molar-refractivity contribution in [2.45, 2.75) is 38.7 Å². The fourth-order valence-electron chi connectivity index (χ4n) is 2.59. The minimum absolute atomic E-state index is 0.376. The first-order chi connectivity index (χ1) is 10.4. The van der Waals surface area contributed by atoms with Crippen LogP contribution in [0.2, 0.25) is 0 Å². The predicted molar refractivity (Wildman–Crippen MR) is 82.5 cm³/mol. The van der Waals surface area contributed by atoms with E-state index in [1.807, 2.05) is 6.92 Å². The largest absolute Gasteiger partial charge is 0.378 e. The average molecular weight is 290 g/mol. The van der Waals surface area contributed by atoms with Gasteiger partial charge in [0.2, 0.25) is 5.95 Å². The van der Waals surface area contributed by atoms with Gasteiger partial charge in [0, 0.05) is 19.7 Å². The maximum absolute atomic E-state index is 5.75. The summed E-state index contributed by atoms with van der Waals surface area (Å²) >= 11 is 0. The third-order valence-electron chi connectivity index (χ3n) is 3.68. The first-order valence-corrected chi connectivity index (χ1v) is 7.67. The second kappa shape index (κ2) is 6.71. The zero-order chi connectivity index (χ0) is 14.5. The highest BCUT2D eigenvalue weighted by Crippen LogP contribution is 2.21. The lowest BCUT2D eigenvalue weighted by Crippen LogP contribution is -2.22. The highest BCUT2D eigenvalue weighted by molar-refractivity contribution is 5.86. The van der Waals surface area contributed by atoms with Gasteiger partial charge < -0.3 is 15.4 Å². The molecule has 2 aromatic rings. The molecule has 0 bridgehead atoms. The molecular formula is C14H22N6O. The number of nitrogens with one attached hydrogen (secondary N) is 3. The van der Waals surface area contributed by atoms with Crippen LogP contribution in [0.15, 0.2) is 6.20 Å². The Morgan fingerprint density at radius 2 is 2.29 bits per heavy atom. The van der Waals surface area contributed by atoms with Crippen molar-refractivity contribution in [3.8, 4) is 0 Å². The van der Waals surface area contributed by atoms with Crippen LogP contribution in [0.1, 0.15) is 32.6 Å². The Bertz CT molecular complexity index is 578. The topological polar surface area (TPSA) is 87.8 Å². The lowest BCUT2D eigenvalue weighted by molar-refractivity contribution is 0.0134. The molecule has 1 saturated heterocycles. The highest BCUT2D eigenvalue weighted by Gasteiger charge is 2.14. The Labute approximate surface area is 123 Å². The van der Waals surface area contributed by atoms with E-state index in [4.69, 9.17) is 4.74 Å². The zero-order valence-corrected chi connectivity index (χ0v) is 12.4. The van der Waals surface area contributed by atoms with E-state index in [1.165, 1.54) is 12.8 Å². The van der Waals surface area contributed by atoms with Crippen molar-refractivity contribution >= 4 is 22.8 Å². The molecule has 0 radical (unpaired) electrons. The molecule has 0 aliphatic carbocycles. The van der Waals surface area contributed by atoms with Crippen molar-refractivity contribution in [3.63, 3.8) is 0 Å². The van der Waals surface area contributed by atoms with Gasteiger partial charge in [-0.05, 0) is 32.6 Å². The van der Waals surface area contributed by atoms with Gasteiger partial charge in [-0.15, -0.1) is 0 Å². The number of rotatable bonds is 6. The quantitative estimate of drug-likeness (QED) is 0.755. The van der Waals surface area contributed by atoms with Crippen molar-refractivity contribution in [1.82, 2.24) is 20.2 Å². The molecule has 21 heavy (non-hydrogen) atoms. The first kappa shape index (κ1) is 14.1. The van der Waals surface area contributed by atoms with E-state index in [-0.39, 0.29) is 0 Å². The summed E-state index contributed by atoms with van der Waals surface area (Å²) in [6, 6.07) is 0. The maximum atomic E-state index is 5.75. The van der Waals surface area contributed by atoms with Crippen molar-refractivity contribution in [3.05, 3.63) is 6.20 Å². The van der Waals surface area contributed by atoms with Crippen LogP contribution in [-0.4, -0.2) is 46.0 Å². The van der Waals surface area contributed by atoms with Crippen LogP contribution in [0.5, 0.6) is 0 Å². The van der Waals surface area contributed by atoms with Gasteiger partial charge in [0.25, 0.3) is 0 Å². The molecule has 2 aromatic heterocycles. The molecule has 3 rings (SSSR count). The Balaban J connectivity index is 1.65. The molecule has 1 fully saturated rings. The van der Waals surface area contributed by atoms with Crippen LogP contribution in [0, 0.1) is 0 Å². The molecule has 7 heteroatoms. The molecular weight excluding hydrogens is 268 g/mol.